The number of aromatic nitrogens is 2. The van der Waals surface area contributed by atoms with E-state index in [-0.39, 0.29) is 7.43 Å². The van der Waals surface area contributed by atoms with Gasteiger partial charge in [0.25, 0.3) is 0 Å². The number of pyridine rings is 2. The maximum atomic E-state index is 5.62. The van der Waals surface area contributed by atoms with Crippen LogP contribution >= 0.6 is 0 Å². The summed E-state index contributed by atoms with van der Waals surface area (Å²) in [5, 5.41) is 3.36. The number of hydrogen-bond acceptors (Lipinski definition) is 5. The Morgan fingerprint density at radius 3 is 2.06 bits per heavy atom. The number of benzene rings is 2. The molecule has 5 nitrogen and oxygen atoms in total. The first-order valence-corrected chi connectivity index (χ1v) is 11.6. The zero-order valence-electron chi connectivity index (χ0n) is 20.2. The molecule has 0 saturated heterocycles. The lowest BCUT2D eigenvalue weighted by molar-refractivity contribution is 0.356. The van der Waals surface area contributed by atoms with Crippen molar-refractivity contribution in [3.63, 3.8) is 0 Å². The Balaban J connectivity index is 0.00000324. The fourth-order valence-electron chi connectivity index (χ4n) is 4.43. The maximum absolute atomic E-state index is 5.62. The summed E-state index contributed by atoms with van der Waals surface area (Å²) in [6.07, 6.45) is 6.71. The van der Waals surface area contributed by atoms with Crippen LogP contribution in [0.1, 0.15) is 56.6 Å². The molecular weight excluding hydrogens is 424 g/mol. The van der Waals surface area contributed by atoms with Gasteiger partial charge in [0.15, 0.2) is 11.5 Å². The molecule has 34 heavy (non-hydrogen) atoms. The van der Waals surface area contributed by atoms with Crippen LogP contribution in [0.2, 0.25) is 0 Å². The lowest BCUT2D eigenvalue weighted by atomic mass is 9.95. The molecule has 0 radical (unpaired) electrons. The van der Waals surface area contributed by atoms with Gasteiger partial charge in [0.2, 0.25) is 0 Å². The van der Waals surface area contributed by atoms with Crippen molar-refractivity contribution in [3.05, 3.63) is 65.1 Å². The number of hydrogen-bond donors (Lipinski definition) is 0. The first kappa shape index (κ1) is 25.3. The van der Waals surface area contributed by atoms with Gasteiger partial charge in [0, 0.05) is 34.8 Å². The van der Waals surface area contributed by atoms with Gasteiger partial charge in [-0.1, -0.05) is 34.1 Å². The van der Waals surface area contributed by atoms with Crippen molar-refractivity contribution in [2.75, 3.05) is 21.3 Å². The number of methoxy groups -OCH3 is 3. The van der Waals surface area contributed by atoms with Crippen molar-refractivity contribution in [1.29, 1.82) is 0 Å². The Morgan fingerprint density at radius 2 is 1.41 bits per heavy atom. The van der Waals surface area contributed by atoms with Gasteiger partial charge < -0.3 is 14.2 Å². The second-order valence-electron chi connectivity index (χ2n) is 8.31. The Kier molecular flexibility index (Phi) is 8.32. The lowest BCUT2D eigenvalue weighted by Crippen LogP contribution is -2.03. The van der Waals surface area contributed by atoms with E-state index in [1.807, 2.05) is 18.3 Å². The first-order valence-electron chi connectivity index (χ1n) is 11.6. The zero-order chi connectivity index (χ0) is 23.4. The third kappa shape index (κ3) is 4.93. The molecule has 0 aliphatic rings. The van der Waals surface area contributed by atoms with E-state index in [0.717, 1.165) is 88.0 Å². The number of ether oxygens (including phenoxy) is 3. The molecule has 4 rings (SSSR count). The van der Waals surface area contributed by atoms with E-state index in [4.69, 9.17) is 24.2 Å². The summed E-state index contributed by atoms with van der Waals surface area (Å²) in [4.78, 5) is 9.86. The topological polar surface area (TPSA) is 53.5 Å². The Hall–Kier alpha value is -3.34. The molecule has 0 fully saturated rings. The third-order valence-corrected chi connectivity index (χ3v) is 6.10. The normalized spacial score (nSPS) is 10.9. The van der Waals surface area contributed by atoms with Crippen LogP contribution in [0.5, 0.6) is 17.2 Å². The first-order chi connectivity index (χ1) is 16.1. The predicted octanol–water partition coefficient (Wildman–Crippen LogP) is 6.94. The maximum Gasteiger partial charge on any atom is 0.161 e. The minimum absolute atomic E-state index is 0. The molecular formula is C29H36N2O3. The van der Waals surface area contributed by atoms with E-state index >= 15 is 0 Å². The summed E-state index contributed by atoms with van der Waals surface area (Å²) in [6.45, 7) is 4.37. The van der Waals surface area contributed by atoms with Crippen LogP contribution in [0.3, 0.4) is 0 Å². The number of rotatable bonds is 9. The molecule has 0 saturated carbocycles. The van der Waals surface area contributed by atoms with Crippen molar-refractivity contribution in [2.24, 2.45) is 0 Å². The second-order valence-corrected chi connectivity index (χ2v) is 8.31. The Morgan fingerprint density at radius 1 is 0.735 bits per heavy atom. The monoisotopic (exact) mass is 460 g/mol. The molecule has 0 amide bonds. The fourth-order valence-corrected chi connectivity index (χ4v) is 4.43. The van der Waals surface area contributed by atoms with E-state index in [0.29, 0.717) is 0 Å². The highest BCUT2D eigenvalue weighted by molar-refractivity contribution is 5.91. The van der Waals surface area contributed by atoms with Gasteiger partial charge >= 0.3 is 0 Å². The van der Waals surface area contributed by atoms with Gasteiger partial charge in [-0.25, -0.2) is 0 Å². The van der Waals surface area contributed by atoms with Gasteiger partial charge in [-0.15, -0.1) is 0 Å². The summed E-state index contributed by atoms with van der Waals surface area (Å²) >= 11 is 0. The molecule has 4 aromatic rings. The van der Waals surface area contributed by atoms with Gasteiger partial charge in [-0.05, 0) is 65.8 Å². The van der Waals surface area contributed by atoms with Crippen molar-refractivity contribution < 1.29 is 14.2 Å². The van der Waals surface area contributed by atoms with Crippen LogP contribution < -0.4 is 14.2 Å². The molecule has 180 valence electrons. The summed E-state index contributed by atoms with van der Waals surface area (Å²) in [7, 11) is 5.04. The van der Waals surface area contributed by atoms with Crippen molar-refractivity contribution in [1.82, 2.24) is 9.97 Å². The van der Waals surface area contributed by atoms with E-state index < -0.39 is 0 Å². The molecule has 2 aromatic heterocycles. The van der Waals surface area contributed by atoms with E-state index in [9.17, 15) is 0 Å². The van der Waals surface area contributed by atoms with E-state index in [2.05, 4.69) is 38.1 Å². The van der Waals surface area contributed by atoms with E-state index in [1.54, 1.807) is 21.3 Å². The average Bonchev–Trinajstić information content (AvgIpc) is 2.84. The predicted molar refractivity (Wildman–Crippen MR) is 141 cm³/mol. The number of aryl methyl sites for hydroxylation is 2. The molecule has 0 aliphatic heterocycles. The Bertz CT molecular complexity index is 1280. The molecule has 0 N–H and O–H groups in total. The van der Waals surface area contributed by atoms with Crippen LogP contribution in [0.15, 0.2) is 42.6 Å². The van der Waals surface area contributed by atoms with Gasteiger partial charge in [-0.2, -0.15) is 0 Å². The highest BCUT2D eigenvalue weighted by Gasteiger charge is 2.16. The van der Waals surface area contributed by atoms with Gasteiger partial charge in [0.05, 0.1) is 26.8 Å². The molecule has 0 atom stereocenters. The smallest absolute Gasteiger partial charge is 0.161 e. The van der Waals surface area contributed by atoms with Gasteiger partial charge in [0.1, 0.15) is 5.75 Å². The molecule has 0 aliphatic carbocycles. The summed E-state index contributed by atoms with van der Waals surface area (Å²) in [5.41, 5.74) is 5.61. The molecule has 2 heterocycles. The fraction of sp³-hybridized carbons (Fsp3) is 0.379. The van der Waals surface area contributed by atoms with Crippen molar-refractivity contribution in [3.8, 4) is 17.2 Å². The zero-order valence-corrected chi connectivity index (χ0v) is 20.2. The molecule has 0 bridgehead atoms. The molecule has 2 aromatic carbocycles. The standard InChI is InChI=1S/C28H32N2O3.CH4/c1-6-8-24-18(12-19-14-21(31-3)10-11-25(19)30-24)13-20-17-29-26(9-7-2)23-16-28(33-5)27(32-4)15-22(20)23;/h10-12,14-17H,6-9,13H2,1-5H3;1H4. The van der Waals surface area contributed by atoms with Crippen molar-refractivity contribution in [2.45, 2.75) is 53.4 Å². The summed E-state index contributed by atoms with van der Waals surface area (Å²) < 4.78 is 16.6. The Labute approximate surface area is 203 Å². The third-order valence-electron chi connectivity index (χ3n) is 6.10. The summed E-state index contributed by atoms with van der Waals surface area (Å²) in [6, 6.07) is 12.4. The molecule has 0 spiro atoms. The second kappa shape index (κ2) is 11.2. The van der Waals surface area contributed by atoms with Crippen molar-refractivity contribution >= 4 is 21.7 Å². The number of fused-ring (bicyclic) bond motifs is 2. The van der Waals surface area contributed by atoms with Crippen LogP contribution in [-0.4, -0.2) is 31.3 Å². The van der Waals surface area contributed by atoms with Crippen LogP contribution in [-0.2, 0) is 19.3 Å². The van der Waals surface area contributed by atoms with Crippen LogP contribution in [0, 0.1) is 0 Å². The average molecular weight is 461 g/mol. The molecule has 0 unspecified atom stereocenters. The van der Waals surface area contributed by atoms with Crippen LogP contribution in [0.25, 0.3) is 21.7 Å². The number of nitrogens with zero attached hydrogens (tertiary/aromatic N) is 2. The minimum Gasteiger partial charge on any atom is -0.497 e. The molecule has 5 heteroatoms. The SMILES string of the molecule is C.CCCc1nc2ccc(OC)cc2cc1Cc1cnc(CCC)c2cc(OC)c(OC)cc12. The summed E-state index contributed by atoms with van der Waals surface area (Å²) in [5.74, 6) is 2.30. The highest BCUT2D eigenvalue weighted by atomic mass is 16.5. The van der Waals surface area contributed by atoms with Gasteiger partial charge in [-0.3, -0.25) is 9.97 Å². The lowest BCUT2D eigenvalue weighted by Gasteiger charge is -2.16. The van der Waals surface area contributed by atoms with Crippen LogP contribution in [0.4, 0.5) is 0 Å². The van der Waals surface area contributed by atoms with E-state index in [1.165, 1.54) is 5.56 Å². The largest absolute Gasteiger partial charge is 0.497 e. The highest BCUT2D eigenvalue weighted by Crippen LogP contribution is 2.36. The quantitative estimate of drug-likeness (QED) is 0.271. The minimum atomic E-state index is 0.